The van der Waals surface area contributed by atoms with E-state index in [0.29, 0.717) is 0 Å². The highest BCUT2D eigenvalue weighted by Gasteiger charge is 2.19. The maximum atomic E-state index is 6.04. The molecule has 0 saturated carbocycles. The fourth-order valence-electron chi connectivity index (χ4n) is 3.56. The third kappa shape index (κ3) is 3.75. The van der Waals surface area contributed by atoms with E-state index in [1.807, 2.05) is 12.4 Å². The van der Waals surface area contributed by atoms with E-state index in [2.05, 4.69) is 53.3 Å². The van der Waals surface area contributed by atoms with Crippen LogP contribution in [0.3, 0.4) is 0 Å². The number of pyridine rings is 1. The number of fused-ring (bicyclic) bond motifs is 1. The molecular weight excluding hydrogens is 312 g/mol. The van der Waals surface area contributed by atoms with Crippen LogP contribution in [0.4, 0.5) is 0 Å². The maximum absolute atomic E-state index is 6.04. The number of ether oxygens (including phenoxy) is 1. The lowest BCUT2D eigenvalue weighted by atomic mass is 10.1. The van der Waals surface area contributed by atoms with Crippen LogP contribution >= 0.6 is 0 Å². The first kappa shape index (κ1) is 16.3. The lowest BCUT2D eigenvalue weighted by Crippen LogP contribution is -2.17. The third-order valence-corrected chi connectivity index (χ3v) is 4.82. The second-order valence-corrected chi connectivity index (χ2v) is 6.85. The molecule has 0 radical (unpaired) electrons. The van der Waals surface area contributed by atoms with E-state index in [4.69, 9.17) is 9.15 Å². The summed E-state index contributed by atoms with van der Waals surface area (Å²) in [5.41, 5.74) is 1.31. The molecule has 1 fully saturated rings. The number of hydrogen-bond donors (Lipinski definition) is 0. The molecule has 3 aromatic rings. The highest BCUT2D eigenvalue weighted by Crippen LogP contribution is 2.29. The largest absolute Gasteiger partial charge is 0.462 e. The molecule has 0 aliphatic carbocycles. The van der Waals surface area contributed by atoms with Gasteiger partial charge in [-0.15, -0.1) is 0 Å². The summed E-state index contributed by atoms with van der Waals surface area (Å²) in [5, 5.41) is 2.45. The predicted molar refractivity (Wildman–Crippen MR) is 98.2 cm³/mol. The normalized spacial score (nSPS) is 18.1. The lowest BCUT2D eigenvalue weighted by molar-refractivity contribution is 0.000908. The smallest absolute Gasteiger partial charge is 0.133 e. The van der Waals surface area contributed by atoms with Gasteiger partial charge < -0.3 is 9.15 Å². The lowest BCUT2D eigenvalue weighted by Gasteiger charge is -2.20. The van der Waals surface area contributed by atoms with Crippen molar-refractivity contribution in [3.63, 3.8) is 0 Å². The van der Waals surface area contributed by atoms with Crippen LogP contribution in [0, 0.1) is 0 Å². The van der Waals surface area contributed by atoms with Gasteiger partial charge >= 0.3 is 0 Å². The fourth-order valence-corrected chi connectivity index (χ4v) is 3.56. The molecule has 4 rings (SSSR count). The van der Waals surface area contributed by atoms with Crippen LogP contribution in [0.15, 0.2) is 53.2 Å². The van der Waals surface area contributed by atoms with Gasteiger partial charge in [-0.3, -0.25) is 9.88 Å². The van der Waals surface area contributed by atoms with E-state index in [-0.39, 0.29) is 6.10 Å². The van der Waals surface area contributed by atoms with E-state index in [1.165, 1.54) is 22.8 Å². The Kier molecular flexibility index (Phi) is 4.81. The molecule has 1 saturated heterocycles. The molecule has 25 heavy (non-hydrogen) atoms. The van der Waals surface area contributed by atoms with Gasteiger partial charge in [0.25, 0.3) is 0 Å². The zero-order chi connectivity index (χ0) is 17.1. The van der Waals surface area contributed by atoms with Gasteiger partial charge in [0.2, 0.25) is 0 Å². The number of nitrogens with zero attached hydrogens (tertiary/aromatic N) is 2. The van der Waals surface area contributed by atoms with Crippen LogP contribution in [-0.2, 0) is 17.8 Å². The minimum absolute atomic E-state index is 0.137. The summed E-state index contributed by atoms with van der Waals surface area (Å²) in [6, 6.07) is 12.6. The maximum Gasteiger partial charge on any atom is 0.133 e. The van der Waals surface area contributed by atoms with Crippen molar-refractivity contribution in [2.45, 2.75) is 38.5 Å². The van der Waals surface area contributed by atoms with Gasteiger partial charge in [-0.25, -0.2) is 0 Å². The van der Waals surface area contributed by atoms with Crippen molar-refractivity contribution in [2.75, 3.05) is 13.7 Å². The molecule has 1 aromatic carbocycles. The Morgan fingerprint density at radius 1 is 1.12 bits per heavy atom. The number of benzene rings is 1. The van der Waals surface area contributed by atoms with E-state index in [0.717, 1.165) is 44.1 Å². The monoisotopic (exact) mass is 336 g/mol. The molecular formula is C21H24N2O2. The van der Waals surface area contributed by atoms with Crippen LogP contribution in [-0.4, -0.2) is 23.5 Å². The van der Waals surface area contributed by atoms with E-state index in [9.17, 15) is 0 Å². The molecule has 0 N–H and O–H groups in total. The zero-order valence-electron chi connectivity index (χ0n) is 14.6. The van der Waals surface area contributed by atoms with E-state index in [1.54, 1.807) is 0 Å². The number of aromatic nitrogens is 1. The molecule has 4 heteroatoms. The quantitative estimate of drug-likeness (QED) is 0.677. The molecule has 0 spiro atoms. The summed E-state index contributed by atoms with van der Waals surface area (Å²) < 4.78 is 11.9. The third-order valence-electron chi connectivity index (χ3n) is 4.82. The summed E-state index contributed by atoms with van der Waals surface area (Å²) in [6.07, 6.45) is 7.35. The average molecular weight is 336 g/mol. The fraction of sp³-hybridized carbons (Fsp3) is 0.381. The van der Waals surface area contributed by atoms with Crippen LogP contribution < -0.4 is 0 Å². The summed E-state index contributed by atoms with van der Waals surface area (Å²) in [7, 11) is 2.12. The van der Waals surface area contributed by atoms with Crippen molar-refractivity contribution < 1.29 is 9.15 Å². The first-order valence-electron chi connectivity index (χ1n) is 9.00. The minimum Gasteiger partial charge on any atom is -0.462 e. The molecule has 130 valence electrons. The SMILES string of the molecule is CN(Cc1ccc([C@H]2CCCCO2)o1)Cc1cccc2cnccc12. The Bertz CT molecular complexity index is 831. The summed E-state index contributed by atoms with van der Waals surface area (Å²) in [4.78, 5) is 6.48. The summed E-state index contributed by atoms with van der Waals surface area (Å²) in [5.74, 6) is 1.97. The number of rotatable bonds is 5. The van der Waals surface area contributed by atoms with Crippen molar-refractivity contribution in [3.8, 4) is 0 Å². The Labute approximate surface area is 148 Å². The van der Waals surface area contributed by atoms with Crippen LogP contribution in [0.2, 0.25) is 0 Å². The average Bonchev–Trinajstić information content (AvgIpc) is 3.11. The Balaban J connectivity index is 1.43. The molecule has 0 amide bonds. The van der Waals surface area contributed by atoms with Gasteiger partial charge in [-0.2, -0.15) is 0 Å². The summed E-state index contributed by atoms with van der Waals surface area (Å²) >= 11 is 0. The molecule has 4 nitrogen and oxygen atoms in total. The van der Waals surface area contributed by atoms with Crippen LogP contribution in [0.25, 0.3) is 10.8 Å². The van der Waals surface area contributed by atoms with Crippen LogP contribution in [0.1, 0.15) is 42.5 Å². The molecule has 2 aromatic heterocycles. The second-order valence-electron chi connectivity index (χ2n) is 6.85. The van der Waals surface area contributed by atoms with Gasteiger partial charge in [-0.1, -0.05) is 18.2 Å². The highest BCUT2D eigenvalue weighted by molar-refractivity contribution is 5.84. The Hall–Kier alpha value is -2.17. The van der Waals surface area contributed by atoms with Gasteiger partial charge in [0.15, 0.2) is 0 Å². The standard InChI is InChI=1S/C21H24N2O2/c1-23(14-17-6-4-5-16-13-22-11-10-19(16)17)15-18-8-9-21(25-18)20-7-2-3-12-24-20/h4-6,8-11,13,20H,2-3,7,12,14-15H2,1H3/t20-/m1/s1. The zero-order valence-corrected chi connectivity index (χ0v) is 14.6. The van der Waals surface area contributed by atoms with Gasteiger partial charge in [0.05, 0.1) is 6.54 Å². The van der Waals surface area contributed by atoms with Gasteiger partial charge in [0.1, 0.15) is 17.6 Å². The minimum atomic E-state index is 0.137. The molecule has 0 unspecified atom stereocenters. The predicted octanol–water partition coefficient (Wildman–Crippen LogP) is 4.70. The molecule has 3 heterocycles. The molecule has 1 atom stereocenters. The second kappa shape index (κ2) is 7.38. The van der Waals surface area contributed by atoms with Gasteiger partial charge in [-0.05, 0) is 55.5 Å². The summed E-state index contributed by atoms with van der Waals surface area (Å²) in [6.45, 7) is 2.50. The first-order valence-corrected chi connectivity index (χ1v) is 9.00. The molecule has 1 aliphatic heterocycles. The van der Waals surface area contributed by atoms with E-state index < -0.39 is 0 Å². The van der Waals surface area contributed by atoms with Crippen molar-refractivity contribution in [1.82, 2.24) is 9.88 Å². The molecule has 1 aliphatic rings. The van der Waals surface area contributed by atoms with Crippen molar-refractivity contribution in [1.29, 1.82) is 0 Å². The first-order chi connectivity index (χ1) is 12.3. The van der Waals surface area contributed by atoms with Crippen molar-refractivity contribution >= 4 is 10.8 Å². The highest BCUT2D eigenvalue weighted by atomic mass is 16.5. The topological polar surface area (TPSA) is 38.5 Å². The van der Waals surface area contributed by atoms with Crippen molar-refractivity contribution in [2.24, 2.45) is 0 Å². The van der Waals surface area contributed by atoms with Crippen molar-refractivity contribution in [3.05, 3.63) is 65.9 Å². The molecule has 0 bridgehead atoms. The van der Waals surface area contributed by atoms with Gasteiger partial charge in [0, 0.05) is 30.9 Å². The number of hydrogen-bond acceptors (Lipinski definition) is 4. The van der Waals surface area contributed by atoms with E-state index >= 15 is 0 Å². The Morgan fingerprint density at radius 2 is 2.08 bits per heavy atom. The van der Waals surface area contributed by atoms with Crippen LogP contribution in [0.5, 0.6) is 0 Å². The number of furan rings is 1. The Morgan fingerprint density at radius 3 is 2.96 bits per heavy atom.